The molecule has 0 radical (unpaired) electrons. The van der Waals surface area contributed by atoms with Gasteiger partial charge in [0.05, 0.1) is 12.0 Å². The van der Waals surface area contributed by atoms with Crippen LogP contribution in [0.15, 0.2) is 29.2 Å². The Morgan fingerprint density at radius 3 is 2.14 bits per heavy atom. The van der Waals surface area contributed by atoms with Gasteiger partial charge in [-0.15, -0.1) is 0 Å². The second-order valence-corrected chi connectivity index (χ2v) is 6.35. The smallest absolute Gasteiger partial charge is 0.315 e. The number of esters is 1. The Kier molecular flexibility index (Phi) is 6.51. The number of carbonyl (C=O) groups is 2. The molecule has 0 saturated carbocycles. The maximum Gasteiger partial charge on any atom is 0.315 e. The Morgan fingerprint density at radius 2 is 1.68 bits per heavy atom. The Hall–Kier alpha value is -1.93. The van der Waals surface area contributed by atoms with E-state index in [9.17, 15) is 18.0 Å². The largest absolute Gasteiger partial charge is 0.469 e. The fourth-order valence-corrected chi connectivity index (χ4v) is 3.29. The van der Waals surface area contributed by atoms with Gasteiger partial charge in [-0.2, -0.15) is 4.31 Å². The Bertz CT molecular complexity index is 621. The molecular weight excluding hydrogens is 308 g/mol. The molecule has 8 heteroatoms. The van der Waals surface area contributed by atoms with Crippen molar-refractivity contribution < 1.29 is 22.7 Å². The van der Waals surface area contributed by atoms with Gasteiger partial charge in [-0.25, -0.2) is 8.42 Å². The first-order valence-electron chi connectivity index (χ1n) is 6.82. The lowest BCUT2D eigenvalue weighted by atomic mass is 10.3. The quantitative estimate of drug-likeness (QED) is 0.600. The van der Waals surface area contributed by atoms with Crippen molar-refractivity contribution in [3.8, 4) is 0 Å². The molecule has 0 aliphatic carbocycles. The fourth-order valence-electron chi connectivity index (χ4n) is 1.83. The molecule has 22 heavy (non-hydrogen) atoms. The summed E-state index contributed by atoms with van der Waals surface area (Å²) >= 11 is 0. The first-order chi connectivity index (χ1) is 10.3. The Morgan fingerprint density at radius 1 is 1.14 bits per heavy atom. The minimum Gasteiger partial charge on any atom is -0.469 e. The number of sulfonamides is 1. The van der Waals surface area contributed by atoms with E-state index in [-0.39, 0.29) is 4.90 Å². The van der Waals surface area contributed by atoms with Gasteiger partial charge in [-0.05, 0) is 24.3 Å². The van der Waals surface area contributed by atoms with Crippen molar-refractivity contribution >= 4 is 27.6 Å². The summed E-state index contributed by atoms with van der Waals surface area (Å²) in [5.74, 6) is -1.16. The van der Waals surface area contributed by atoms with Gasteiger partial charge in [0.1, 0.15) is 6.42 Å². The Balaban J connectivity index is 2.83. The fraction of sp³-hybridized carbons (Fsp3) is 0.429. The molecule has 0 spiro atoms. The molecule has 0 aliphatic rings. The van der Waals surface area contributed by atoms with Crippen molar-refractivity contribution in [1.82, 2.24) is 4.31 Å². The van der Waals surface area contributed by atoms with Crippen LogP contribution in [0.25, 0.3) is 0 Å². The number of ether oxygens (including phenoxy) is 1. The highest BCUT2D eigenvalue weighted by molar-refractivity contribution is 7.89. The predicted octanol–water partition coefficient (Wildman–Crippen LogP) is 1.22. The lowest BCUT2D eigenvalue weighted by Crippen LogP contribution is -2.30. The zero-order valence-corrected chi connectivity index (χ0v) is 13.6. The molecule has 0 atom stereocenters. The molecule has 0 saturated heterocycles. The molecule has 0 fully saturated rings. The van der Waals surface area contributed by atoms with Crippen molar-refractivity contribution in [2.75, 3.05) is 25.5 Å². The van der Waals surface area contributed by atoms with Crippen LogP contribution in [0, 0.1) is 0 Å². The van der Waals surface area contributed by atoms with E-state index in [1.165, 1.54) is 35.7 Å². The summed E-state index contributed by atoms with van der Waals surface area (Å²) in [4.78, 5) is 22.7. The predicted molar refractivity (Wildman–Crippen MR) is 81.8 cm³/mol. The third-order valence-corrected chi connectivity index (χ3v) is 5.08. The number of rotatable bonds is 7. The van der Waals surface area contributed by atoms with Crippen molar-refractivity contribution in [3.63, 3.8) is 0 Å². The number of methoxy groups -OCH3 is 1. The lowest BCUT2D eigenvalue weighted by molar-refractivity contribution is -0.142. The number of nitrogens with zero attached hydrogens (tertiary/aromatic N) is 1. The normalized spacial score (nSPS) is 11.3. The molecule has 0 heterocycles. The summed E-state index contributed by atoms with van der Waals surface area (Å²) in [7, 11) is -2.33. The first-order valence-corrected chi connectivity index (χ1v) is 8.26. The van der Waals surface area contributed by atoms with E-state index in [1.807, 2.05) is 0 Å². The second kappa shape index (κ2) is 7.90. The molecule has 0 aromatic heterocycles. The molecule has 7 nitrogen and oxygen atoms in total. The zero-order valence-electron chi connectivity index (χ0n) is 12.8. The molecule has 0 bridgehead atoms. The Labute approximate surface area is 130 Å². The third-order valence-electron chi connectivity index (χ3n) is 3.01. The average molecular weight is 328 g/mol. The van der Waals surface area contributed by atoms with Crippen molar-refractivity contribution in [1.29, 1.82) is 0 Å². The topological polar surface area (TPSA) is 92.8 Å². The van der Waals surface area contributed by atoms with E-state index in [1.54, 1.807) is 13.8 Å². The number of carbonyl (C=O) groups excluding carboxylic acids is 2. The van der Waals surface area contributed by atoms with Crippen LogP contribution in [-0.2, 0) is 24.3 Å². The van der Waals surface area contributed by atoms with Crippen LogP contribution >= 0.6 is 0 Å². The monoisotopic (exact) mass is 328 g/mol. The lowest BCUT2D eigenvalue weighted by Gasteiger charge is -2.18. The van der Waals surface area contributed by atoms with Gasteiger partial charge in [-0.1, -0.05) is 13.8 Å². The molecule has 122 valence electrons. The number of nitrogens with one attached hydrogen (secondary N) is 1. The summed E-state index contributed by atoms with van der Waals surface area (Å²) in [5, 5.41) is 2.49. The first kappa shape index (κ1) is 18.1. The summed E-state index contributed by atoms with van der Waals surface area (Å²) in [6, 6.07) is 5.79. The molecule has 0 unspecified atom stereocenters. The minimum atomic E-state index is -3.52. The van der Waals surface area contributed by atoms with Crippen LogP contribution in [0.4, 0.5) is 5.69 Å². The number of benzene rings is 1. The van der Waals surface area contributed by atoms with Crippen molar-refractivity contribution in [2.45, 2.75) is 25.2 Å². The van der Waals surface area contributed by atoms with E-state index in [2.05, 4.69) is 10.1 Å². The molecule has 0 aliphatic heterocycles. The van der Waals surface area contributed by atoms with Crippen LogP contribution in [0.5, 0.6) is 0 Å². The van der Waals surface area contributed by atoms with Gasteiger partial charge >= 0.3 is 5.97 Å². The minimum absolute atomic E-state index is 0.155. The number of amides is 1. The van der Waals surface area contributed by atoms with E-state index in [0.717, 1.165) is 0 Å². The van der Waals surface area contributed by atoms with Crippen LogP contribution in [0.1, 0.15) is 20.3 Å². The molecule has 1 aromatic carbocycles. The maximum absolute atomic E-state index is 12.3. The van der Waals surface area contributed by atoms with Crippen LogP contribution < -0.4 is 5.32 Å². The van der Waals surface area contributed by atoms with Gasteiger partial charge < -0.3 is 10.1 Å². The second-order valence-electron chi connectivity index (χ2n) is 4.41. The molecule has 1 rings (SSSR count). The number of hydrogen-bond donors (Lipinski definition) is 1. The van der Waals surface area contributed by atoms with E-state index < -0.39 is 28.3 Å². The van der Waals surface area contributed by atoms with Crippen LogP contribution in [0.3, 0.4) is 0 Å². The standard InChI is InChI=1S/C14H20N2O5S/c1-4-16(5-2)22(19,20)12-8-6-11(7-9-12)15-13(17)10-14(18)21-3/h6-9H,4-5,10H2,1-3H3,(H,15,17). The van der Waals surface area contributed by atoms with Gasteiger partial charge in [-0.3, -0.25) is 9.59 Å². The van der Waals surface area contributed by atoms with Crippen molar-refractivity contribution in [3.05, 3.63) is 24.3 Å². The summed E-state index contributed by atoms with van der Waals surface area (Å²) in [5.41, 5.74) is 0.410. The molecule has 1 aromatic rings. The number of hydrogen-bond acceptors (Lipinski definition) is 5. The summed E-state index contributed by atoms with van der Waals surface area (Å²) < 4.78 is 30.3. The summed E-state index contributed by atoms with van der Waals surface area (Å²) in [6.45, 7) is 4.30. The molecular formula is C14H20N2O5S. The molecule has 1 N–H and O–H groups in total. The van der Waals surface area contributed by atoms with Crippen LogP contribution in [0.2, 0.25) is 0 Å². The van der Waals surface area contributed by atoms with Gasteiger partial charge in [0.15, 0.2) is 0 Å². The zero-order chi connectivity index (χ0) is 16.8. The van der Waals surface area contributed by atoms with Gasteiger partial charge in [0.2, 0.25) is 15.9 Å². The third kappa shape index (κ3) is 4.54. The highest BCUT2D eigenvalue weighted by atomic mass is 32.2. The summed E-state index contributed by atoms with van der Waals surface area (Å²) in [6.07, 6.45) is -0.393. The maximum atomic E-state index is 12.3. The molecule has 1 amide bonds. The van der Waals surface area contributed by atoms with E-state index in [4.69, 9.17) is 0 Å². The highest BCUT2D eigenvalue weighted by Gasteiger charge is 2.21. The van der Waals surface area contributed by atoms with Crippen LogP contribution in [-0.4, -0.2) is 44.8 Å². The van der Waals surface area contributed by atoms with Crippen molar-refractivity contribution in [2.24, 2.45) is 0 Å². The SMILES string of the molecule is CCN(CC)S(=O)(=O)c1ccc(NC(=O)CC(=O)OC)cc1. The average Bonchev–Trinajstić information content (AvgIpc) is 2.48. The number of anilines is 1. The highest BCUT2D eigenvalue weighted by Crippen LogP contribution is 2.18. The van der Waals surface area contributed by atoms with E-state index in [0.29, 0.717) is 18.8 Å². The van der Waals surface area contributed by atoms with Gasteiger partial charge in [0, 0.05) is 18.8 Å². The van der Waals surface area contributed by atoms with Gasteiger partial charge in [0.25, 0.3) is 0 Å². The van der Waals surface area contributed by atoms with E-state index >= 15 is 0 Å².